The highest BCUT2D eigenvalue weighted by Crippen LogP contribution is 2.26. The lowest BCUT2D eigenvalue weighted by atomic mass is 10.1. The number of methoxy groups -OCH3 is 1. The van der Waals surface area contributed by atoms with E-state index in [0.29, 0.717) is 4.47 Å². The minimum absolute atomic E-state index is 0.0211. The molecular weight excluding hydrogens is 436 g/mol. The Hall–Kier alpha value is -3.07. The fourth-order valence-corrected chi connectivity index (χ4v) is 3.00. The first kappa shape index (κ1) is 19.7. The molecule has 0 aliphatic heterocycles. The van der Waals surface area contributed by atoms with Crippen molar-refractivity contribution in [3.8, 4) is 11.3 Å². The van der Waals surface area contributed by atoms with E-state index in [1.165, 1.54) is 43.1 Å². The van der Waals surface area contributed by atoms with Gasteiger partial charge in [-0.2, -0.15) is 5.10 Å². The number of halogens is 3. The molecule has 28 heavy (non-hydrogen) atoms. The molecule has 0 bridgehead atoms. The van der Waals surface area contributed by atoms with Crippen molar-refractivity contribution >= 4 is 33.5 Å². The molecule has 6 nitrogen and oxygen atoms in total. The van der Waals surface area contributed by atoms with Gasteiger partial charge in [0, 0.05) is 11.5 Å². The van der Waals surface area contributed by atoms with Gasteiger partial charge in [-0.25, -0.2) is 13.6 Å². The molecule has 3 aromatic rings. The van der Waals surface area contributed by atoms with Crippen LogP contribution in [0.1, 0.15) is 20.8 Å². The topological polar surface area (TPSA) is 73.2 Å². The third kappa shape index (κ3) is 3.79. The van der Waals surface area contributed by atoms with Crippen molar-refractivity contribution in [1.82, 2.24) is 9.78 Å². The number of carbonyl (C=O) groups excluding carboxylic acids is 2. The normalized spacial score (nSPS) is 10.6. The summed E-state index contributed by atoms with van der Waals surface area (Å²) in [5.74, 6) is -2.81. The zero-order valence-electron chi connectivity index (χ0n) is 14.8. The number of aryl methyl sites for hydroxylation is 1. The number of hydrogen-bond acceptors (Lipinski definition) is 4. The number of ether oxygens (including phenoxy) is 1. The molecule has 0 atom stereocenters. The first-order valence-electron chi connectivity index (χ1n) is 7.99. The first-order valence-corrected chi connectivity index (χ1v) is 8.78. The number of nitrogens with zero attached hydrogens (tertiary/aromatic N) is 2. The molecule has 0 aliphatic carbocycles. The van der Waals surface area contributed by atoms with Crippen LogP contribution >= 0.6 is 15.9 Å². The molecule has 2 aromatic carbocycles. The summed E-state index contributed by atoms with van der Waals surface area (Å²) in [4.78, 5) is 24.6. The van der Waals surface area contributed by atoms with Gasteiger partial charge in [0.1, 0.15) is 17.3 Å². The molecule has 0 aliphatic rings. The molecule has 0 saturated carbocycles. The van der Waals surface area contributed by atoms with Crippen LogP contribution in [0.25, 0.3) is 11.3 Å². The maximum Gasteiger partial charge on any atom is 0.340 e. The van der Waals surface area contributed by atoms with E-state index in [4.69, 9.17) is 4.74 Å². The highest BCUT2D eigenvalue weighted by molar-refractivity contribution is 9.10. The van der Waals surface area contributed by atoms with E-state index in [9.17, 15) is 18.4 Å². The van der Waals surface area contributed by atoms with Crippen molar-refractivity contribution in [2.45, 2.75) is 0 Å². The first-order chi connectivity index (χ1) is 13.3. The van der Waals surface area contributed by atoms with Gasteiger partial charge in [-0.15, -0.1) is 0 Å². The quantitative estimate of drug-likeness (QED) is 0.606. The average molecular weight is 450 g/mol. The van der Waals surface area contributed by atoms with Crippen LogP contribution in [0.3, 0.4) is 0 Å². The maximum atomic E-state index is 14.0. The van der Waals surface area contributed by atoms with Crippen LogP contribution in [0, 0.1) is 11.6 Å². The van der Waals surface area contributed by atoms with Crippen molar-refractivity contribution in [2.24, 2.45) is 7.05 Å². The molecule has 144 valence electrons. The summed E-state index contributed by atoms with van der Waals surface area (Å²) < 4.78 is 34.5. The number of esters is 1. The zero-order valence-corrected chi connectivity index (χ0v) is 16.4. The lowest BCUT2D eigenvalue weighted by molar-refractivity contribution is 0.0602. The van der Waals surface area contributed by atoms with Gasteiger partial charge in [0.15, 0.2) is 0 Å². The molecular formula is C19H14BrF2N3O3. The third-order valence-corrected chi connectivity index (χ3v) is 4.46. The SMILES string of the molecule is COC(=O)c1cc(Br)ccc1NC(=O)c1cc(-c2c(F)cccc2F)nn1C. The summed E-state index contributed by atoms with van der Waals surface area (Å²) in [5.41, 5.74) is 0.0762. The van der Waals surface area contributed by atoms with Gasteiger partial charge in [0.25, 0.3) is 5.91 Å². The third-order valence-electron chi connectivity index (χ3n) is 3.97. The number of aromatic nitrogens is 2. The molecule has 9 heteroatoms. The van der Waals surface area contributed by atoms with Crippen molar-refractivity contribution < 1.29 is 23.1 Å². The number of nitrogens with one attached hydrogen (secondary N) is 1. The average Bonchev–Trinajstić information content (AvgIpc) is 3.03. The maximum absolute atomic E-state index is 14.0. The number of carbonyl (C=O) groups is 2. The smallest absolute Gasteiger partial charge is 0.340 e. The minimum Gasteiger partial charge on any atom is -0.465 e. The Labute approximate surface area is 167 Å². The molecule has 3 rings (SSSR count). The van der Waals surface area contributed by atoms with Gasteiger partial charge in [-0.1, -0.05) is 22.0 Å². The summed E-state index contributed by atoms with van der Waals surface area (Å²) >= 11 is 3.25. The lowest BCUT2D eigenvalue weighted by Gasteiger charge is -2.10. The van der Waals surface area contributed by atoms with Crippen LogP contribution in [0.5, 0.6) is 0 Å². The van der Waals surface area contributed by atoms with Crippen molar-refractivity contribution in [3.05, 3.63) is 69.8 Å². The summed E-state index contributed by atoms with van der Waals surface area (Å²) in [7, 11) is 2.70. The van der Waals surface area contributed by atoms with Crippen LogP contribution in [-0.4, -0.2) is 28.8 Å². The molecule has 1 amide bonds. The van der Waals surface area contributed by atoms with Crippen LogP contribution < -0.4 is 5.32 Å². The largest absolute Gasteiger partial charge is 0.465 e. The van der Waals surface area contributed by atoms with Crippen LogP contribution in [0.2, 0.25) is 0 Å². The van der Waals surface area contributed by atoms with E-state index in [1.807, 2.05) is 0 Å². The number of anilines is 1. The van der Waals surface area contributed by atoms with E-state index >= 15 is 0 Å². The monoisotopic (exact) mass is 449 g/mol. The van der Waals surface area contributed by atoms with Crippen LogP contribution in [0.15, 0.2) is 46.9 Å². The van der Waals surface area contributed by atoms with E-state index in [-0.39, 0.29) is 28.2 Å². The Bertz CT molecular complexity index is 1060. The van der Waals surface area contributed by atoms with E-state index in [2.05, 4.69) is 26.3 Å². The fraction of sp³-hybridized carbons (Fsp3) is 0.105. The summed E-state index contributed by atoms with van der Waals surface area (Å²) in [5, 5.41) is 6.62. The Morgan fingerprint density at radius 2 is 1.82 bits per heavy atom. The van der Waals surface area contributed by atoms with Crippen molar-refractivity contribution in [3.63, 3.8) is 0 Å². The van der Waals surface area contributed by atoms with Crippen molar-refractivity contribution in [1.29, 1.82) is 0 Å². The Morgan fingerprint density at radius 3 is 2.46 bits per heavy atom. The number of amides is 1. The number of benzene rings is 2. The molecule has 0 spiro atoms. The summed E-state index contributed by atoms with van der Waals surface area (Å²) in [6, 6.07) is 9.41. The molecule has 0 fully saturated rings. The van der Waals surface area contributed by atoms with Crippen LogP contribution in [0.4, 0.5) is 14.5 Å². The minimum atomic E-state index is -0.786. The van der Waals surface area contributed by atoms with Gasteiger partial charge in [-0.3, -0.25) is 9.48 Å². The van der Waals surface area contributed by atoms with Crippen molar-refractivity contribution in [2.75, 3.05) is 12.4 Å². The van der Waals surface area contributed by atoms with E-state index in [0.717, 1.165) is 12.1 Å². The van der Waals surface area contributed by atoms with Crippen LogP contribution in [-0.2, 0) is 11.8 Å². The Morgan fingerprint density at radius 1 is 1.14 bits per heavy atom. The lowest BCUT2D eigenvalue weighted by Crippen LogP contribution is -2.18. The molecule has 1 aromatic heterocycles. The predicted molar refractivity (Wildman–Crippen MR) is 102 cm³/mol. The molecule has 0 unspecified atom stereocenters. The fourth-order valence-electron chi connectivity index (χ4n) is 2.64. The van der Waals surface area contributed by atoms with E-state index in [1.54, 1.807) is 6.07 Å². The second kappa shape index (κ2) is 7.89. The Balaban J connectivity index is 1.95. The molecule has 1 heterocycles. The number of hydrogen-bond donors (Lipinski definition) is 1. The predicted octanol–water partition coefficient (Wildman–Crippen LogP) is 4.17. The summed E-state index contributed by atoms with van der Waals surface area (Å²) in [6.45, 7) is 0. The van der Waals surface area contributed by atoms with Gasteiger partial charge in [0.2, 0.25) is 0 Å². The summed E-state index contributed by atoms with van der Waals surface area (Å²) in [6.07, 6.45) is 0. The van der Waals surface area contributed by atoms with E-state index < -0.39 is 23.5 Å². The van der Waals surface area contributed by atoms with Gasteiger partial charge < -0.3 is 10.1 Å². The zero-order chi connectivity index (χ0) is 20.4. The highest BCUT2D eigenvalue weighted by atomic mass is 79.9. The second-order valence-corrected chi connectivity index (χ2v) is 6.69. The second-order valence-electron chi connectivity index (χ2n) is 5.77. The molecule has 1 N–H and O–H groups in total. The molecule has 0 radical (unpaired) electrons. The van der Waals surface area contributed by atoms with Gasteiger partial charge >= 0.3 is 5.97 Å². The number of rotatable bonds is 4. The molecule has 0 saturated heterocycles. The highest BCUT2D eigenvalue weighted by Gasteiger charge is 2.21. The van der Waals surface area contributed by atoms with Gasteiger partial charge in [0.05, 0.1) is 29.6 Å². The Kier molecular flexibility index (Phi) is 5.55. The van der Waals surface area contributed by atoms with Gasteiger partial charge in [-0.05, 0) is 36.4 Å². The standard InChI is InChI=1S/C19H14BrF2N3O3/c1-25-16(9-15(24-25)17-12(21)4-3-5-13(17)22)18(26)23-14-7-6-10(20)8-11(14)19(27)28-2/h3-9H,1-2H3,(H,23,26).